The highest BCUT2D eigenvalue weighted by molar-refractivity contribution is 4.97. The van der Waals surface area contributed by atoms with Crippen LogP contribution in [0.2, 0.25) is 0 Å². The van der Waals surface area contributed by atoms with Crippen LogP contribution in [0.15, 0.2) is 0 Å². The normalized spacial score (nSPS) is 43.4. The molecule has 3 fully saturated rings. The van der Waals surface area contributed by atoms with E-state index in [0.29, 0.717) is 5.54 Å². The van der Waals surface area contributed by atoms with Crippen LogP contribution in [0, 0.1) is 23.7 Å². The van der Waals surface area contributed by atoms with Crippen LogP contribution in [0.5, 0.6) is 0 Å². The second-order valence-electron chi connectivity index (χ2n) is 8.45. The van der Waals surface area contributed by atoms with Crippen molar-refractivity contribution in [2.75, 3.05) is 20.1 Å². The van der Waals surface area contributed by atoms with Gasteiger partial charge in [0.15, 0.2) is 0 Å². The molecule has 0 saturated heterocycles. The molecule has 0 aromatic heterocycles. The zero-order chi connectivity index (χ0) is 14.9. The standard InChI is InChI=1S/C19H36N2/c1-3-15-5-4-9-19(14-20,10-8-15)21(2)13-18-12-16-6-7-17(18)11-16/h15-18H,3-14,20H2,1-2H3. The third-order valence-electron chi connectivity index (χ3n) is 7.43. The minimum atomic E-state index is 0.311. The molecule has 21 heavy (non-hydrogen) atoms. The molecule has 0 radical (unpaired) electrons. The van der Waals surface area contributed by atoms with E-state index >= 15 is 0 Å². The van der Waals surface area contributed by atoms with E-state index in [9.17, 15) is 0 Å². The fourth-order valence-corrected chi connectivity index (χ4v) is 5.76. The number of nitrogens with zero attached hydrogens (tertiary/aromatic N) is 1. The summed E-state index contributed by atoms with van der Waals surface area (Å²) in [6, 6.07) is 0. The average molecular weight is 293 g/mol. The smallest absolute Gasteiger partial charge is 0.0328 e. The van der Waals surface area contributed by atoms with Crippen molar-refractivity contribution in [2.24, 2.45) is 29.4 Å². The third-order valence-corrected chi connectivity index (χ3v) is 7.43. The van der Waals surface area contributed by atoms with E-state index in [-0.39, 0.29) is 0 Å². The number of hydrogen-bond donors (Lipinski definition) is 1. The van der Waals surface area contributed by atoms with E-state index in [4.69, 9.17) is 5.73 Å². The number of rotatable bonds is 5. The average Bonchev–Trinajstić information content (AvgIpc) is 3.04. The summed E-state index contributed by atoms with van der Waals surface area (Å²) in [6.45, 7) is 4.54. The Bertz CT molecular complexity index is 342. The molecular formula is C19H36N2. The molecule has 3 saturated carbocycles. The second-order valence-corrected chi connectivity index (χ2v) is 8.45. The van der Waals surface area contributed by atoms with Gasteiger partial charge in [-0.3, -0.25) is 4.90 Å². The highest BCUT2D eigenvalue weighted by atomic mass is 15.2. The largest absolute Gasteiger partial charge is 0.329 e. The molecule has 0 spiro atoms. The van der Waals surface area contributed by atoms with Gasteiger partial charge in [0.05, 0.1) is 0 Å². The van der Waals surface area contributed by atoms with Crippen molar-refractivity contribution in [1.82, 2.24) is 4.90 Å². The van der Waals surface area contributed by atoms with Gasteiger partial charge in [-0.05, 0) is 69.2 Å². The van der Waals surface area contributed by atoms with Crippen molar-refractivity contribution in [3.8, 4) is 0 Å². The fourth-order valence-electron chi connectivity index (χ4n) is 5.76. The monoisotopic (exact) mass is 292 g/mol. The minimum Gasteiger partial charge on any atom is -0.329 e. The van der Waals surface area contributed by atoms with Crippen molar-refractivity contribution < 1.29 is 0 Å². The Morgan fingerprint density at radius 2 is 1.95 bits per heavy atom. The zero-order valence-corrected chi connectivity index (χ0v) is 14.3. The first-order chi connectivity index (χ1) is 10.2. The molecule has 2 N–H and O–H groups in total. The van der Waals surface area contributed by atoms with Crippen LogP contribution in [0.25, 0.3) is 0 Å². The molecule has 0 amide bonds. The first-order valence-corrected chi connectivity index (χ1v) is 9.58. The summed E-state index contributed by atoms with van der Waals surface area (Å²) in [7, 11) is 2.38. The summed E-state index contributed by atoms with van der Waals surface area (Å²) in [5.74, 6) is 4.04. The summed E-state index contributed by atoms with van der Waals surface area (Å²) >= 11 is 0. The maximum Gasteiger partial charge on any atom is 0.0328 e. The van der Waals surface area contributed by atoms with Crippen LogP contribution >= 0.6 is 0 Å². The van der Waals surface area contributed by atoms with Crippen molar-refractivity contribution in [1.29, 1.82) is 0 Å². The van der Waals surface area contributed by atoms with Gasteiger partial charge in [0.1, 0.15) is 0 Å². The van der Waals surface area contributed by atoms with Crippen molar-refractivity contribution >= 4 is 0 Å². The molecule has 2 bridgehead atoms. The lowest BCUT2D eigenvalue weighted by atomic mass is 9.84. The van der Waals surface area contributed by atoms with E-state index in [0.717, 1.165) is 30.2 Å². The molecule has 122 valence electrons. The molecule has 3 aliphatic rings. The van der Waals surface area contributed by atoms with Gasteiger partial charge in [-0.25, -0.2) is 0 Å². The number of nitrogens with two attached hydrogens (primary N) is 1. The Morgan fingerprint density at radius 3 is 2.57 bits per heavy atom. The highest BCUT2D eigenvalue weighted by Gasteiger charge is 2.42. The second kappa shape index (κ2) is 6.58. The van der Waals surface area contributed by atoms with Crippen LogP contribution in [0.3, 0.4) is 0 Å². The lowest BCUT2D eigenvalue weighted by molar-refractivity contribution is 0.0758. The SMILES string of the molecule is CCC1CCCC(CN)(N(C)CC2CC3CCC2C3)CC1. The van der Waals surface area contributed by atoms with Gasteiger partial charge in [0, 0.05) is 18.6 Å². The molecule has 0 heterocycles. The van der Waals surface area contributed by atoms with Gasteiger partial charge >= 0.3 is 0 Å². The van der Waals surface area contributed by atoms with Crippen LogP contribution in [0.4, 0.5) is 0 Å². The molecule has 2 heteroatoms. The first kappa shape index (κ1) is 15.8. The lowest BCUT2D eigenvalue weighted by Gasteiger charge is -2.43. The summed E-state index contributed by atoms with van der Waals surface area (Å²) in [6.07, 6.45) is 14.3. The molecule has 3 aliphatic carbocycles. The molecule has 0 aromatic carbocycles. The Labute approximate surface area is 131 Å². The zero-order valence-electron chi connectivity index (χ0n) is 14.3. The van der Waals surface area contributed by atoms with Gasteiger partial charge in [0.2, 0.25) is 0 Å². The minimum absolute atomic E-state index is 0.311. The highest BCUT2D eigenvalue weighted by Crippen LogP contribution is 2.49. The molecule has 2 nitrogen and oxygen atoms in total. The molecule has 0 aromatic rings. The van der Waals surface area contributed by atoms with Crippen LogP contribution < -0.4 is 5.73 Å². The van der Waals surface area contributed by atoms with Gasteiger partial charge < -0.3 is 5.73 Å². The summed E-state index contributed by atoms with van der Waals surface area (Å²) in [4.78, 5) is 2.70. The number of fused-ring (bicyclic) bond motifs is 2. The Hall–Kier alpha value is -0.0800. The topological polar surface area (TPSA) is 29.3 Å². The predicted octanol–water partition coefficient (Wildman–Crippen LogP) is 4.04. The van der Waals surface area contributed by atoms with E-state index < -0.39 is 0 Å². The molecular weight excluding hydrogens is 256 g/mol. The maximum absolute atomic E-state index is 6.30. The van der Waals surface area contributed by atoms with E-state index in [1.807, 2.05) is 0 Å². The van der Waals surface area contributed by atoms with Crippen molar-refractivity contribution in [2.45, 2.75) is 76.7 Å². The molecule has 3 rings (SSSR count). The van der Waals surface area contributed by atoms with Gasteiger partial charge in [-0.2, -0.15) is 0 Å². The lowest BCUT2D eigenvalue weighted by Crippen LogP contribution is -2.53. The third kappa shape index (κ3) is 3.17. The van der Waals surface area contributed by atoms with Gasteiger partial charge in [0.25, 0.3) is 0 Å². The Morgan fingerprint density at radius 1 is 1.10 bits per heavy atom. The van der Waals surface area contributed by atoms with Crippen LogP contribution in [-0.2, 0) is 0 Å². The van der Waals surface area contributed by atoms with E-state index in [1.165, 1.54) is 70.8 Å². The van der Waals surface area contributed by atoms with Crippen molar-refractivity contribution in [3.63, 3.8) is 0 Å². The van der Waals surface area contributed by atoms with Gasteiger partial charge in [-0.15, -0.1) is 0 Å². The Balaban J connectivity index is 1.61. The fraction of sp³-hybridized carbons (Fsp3) is 1.00. The van der Waals surface area contributed by atoms with E-state index in [1.54, 1.807) is 0 Å². The Kier molecular flexibility index (Phi) is 4.95. The summed E-state index contributed by atoms with van der Waals surface area (Å²) < 4.78 is 0. The number of likely N-dealkylation sites (N-methyl/N-ethyl adjacent to an activating group) is 1. The van der Waals surface area contributed by atoms with Crippen LogP contribution in [-0.4, -0.2) is 30.6 Å². The van der Waals surface area contributed by atoms with Crippen molar-refractivity contribution in [3.05, 3.63) is 0 Å². The quantitative estimate of drug-likeness (QED) is 0.775. The van der Waals surface area contributed by atoms with Crippen LogP contribution in [0.1, 0.15) is 71.1 Å². The summed E-state index contributed by atoms with van der Waals surface area (Å²) in [5.41, 5.74) is 6.62. The first-order valence-electron chi connectivity index (χ1n) is 9.58. The summed E-state index contributed by atoms with van der Waals surface area (Å²) in [5, 5.41) is 0. The predicted molar refractivity (Wildman–Crippen MR) is 90.2 cm³/mol. The molecule has 5 atom stereocenters. The maximum atomic E-state index is 6.30. The van der Waals surface area contributed by atoms with Gasteiger partial charge in [-0.1, -0.05) is 32.6 Å². The van der Waals surface area contributed by atoms with E-state index in [2.05, 4.69) is 18.9 Å². The number of hydrogen-bond acceptors (Lipinski definition) is 2. The molecule has 5 unspecified atom stereocenters. The molecule has 0 aliphatic heterocycles.